The molecule has 6 heterocycles. The zero-order valence-corrected chi connectivity index (χ0v) is 22.5. The molecule has 3 aliphatic heterocycles. The van der Waals surface area contributed by atoms with Crippen molar-refractivity contribution in [2.45, 2.75) is 32.1 Å². The number of rotatable bonds is 4. The Bertz CT molecular complexity index is 1660. The second-order valence-electron chi connectivity index (χ2n) is 11.2. The summed E-state index contributed by atoms with van der Waals surface area (Å²) in [6.45, 7) is 4.69. The average molecular weight is 546 g/mol. The molecule has 0 atom stereocenters. The Labute approximate surface area is 228 Å². The van der Waals surface area contributed by atoms with E-state index in [0.717, 1.165) is 68.6 Å². The first-order valence-corrected chi connectivity index (χ1v) is 14.6. The molecular weight excluding hydrogens is 514 g/mol. The third-order valence-corrected chi connectivity index (χ3v) is 9.85. The Morgan fingerprint density at radius 2 is 1.95 bits per heavy atom. The van der Waals surface area contributed by atoms with E-state index in [1.54, 1.807) is 6.20 Å². The molecule has 3 aromatic heterocycles. The van der Waals surface area contributed by atoms with E-state index in [1.165, 1.54) is 11.3 Å². The average Bonchev–Trinajstić information content (AvgIpc) is 3.53. The Kier molecular flexibility index (Phi) is 6.00. The molecule has 0 unspecified atom stereocenters. The lowest BCUT2D eigenvalue weighted by molar-refractivity contribution is -0.119. The summed E-state index contributed by atoms with van der Waals surface area (Å²) in [5.41, 5.74) is 1.28. The van der Waals surface area contributed by atoms with Crippen LogP contribution in [0.25, 0.3) is 26.1 Å². The topological polar surface area (TPSA) is 121 Å². The van der Waals surface area contributed by atoms with Gasteiger partial charge in [-0.2, -0.15) is 4.98 Å². The first-order valence-electron chi connectivity index (χ1n) is 13.7. The Morgan fingerprint density at radius 1 is 1.15 bits per heavy atom. The molecule has 0 saturated carbocycles. The van der Waals surface area contributed by atoms with Crippen LogP contribution in [-0.4, -0.2) is 65.5 Å². The summed E-state index contributed by atoms with van der Waals surface area (Å²) in [7, 11) is 0. The van der Waals surface area contributed by atoms with Crippen LogP contribution in [0.15, 0.2) is 35.3 Å². The predicted molar refractivity (Wildman–Crippen MR) is 152 cm³/mol. The fourth-order valence-corrected chi connectivity index (χ4v) is 7.52. The highest BCUT2D eigenvalue weighted by molar-refractivity contribution is 7.24. The van der Waals surface area contributed by atoms with Crippen LogP contribution in [0.5, 0.6) is 0 Å². The standard InChI is InChI=1S/C28H31N7O3S/c36-21-13-28(16-32-21)7-11-34(12-8-28)27-31-15-18-23(37)22(25(38)30-14-17-5-9-29-10-6-17)26-35(24(18)33-27)19-3-1-2-4-20(19)39-26/h1-4,15,17,29H,5-14,16H2,(H,30,38)(H,32,36). The molecule has 0 bridgehead atoms. The number of carbonyl (C=O) groups is 2. The highest BCUT2D eigenvalue weighted by Crippen LogP contribution is 2.38. The molecule has 11 heteroatoms. The second kappa shape index (κ2) is 9.56. The van der Waals surface area contributed by atoms with Crippen LogP contribution in [0.2, 0.25) is 0 Å². The van der Waals surface area contributed by atoms with Crippen molar-refractivity contribution < 1.29 is 9.59 Å². The number of thiazole rings is 1. The SMILES string of the molecule is O=C1CC2(CCN(c3ncc4c(=O)c(C(=O)NCC5CCNCC5)c5sc6ccccc6n5c4n3)CC2)CN1. The molecule has 0 aliphatic carbocycles. The number of hydrogen-bond donors (Lipinski definition) is 3. The molecule has 3 N–H and O–H groups in total. The van der Waals surface area contributed by atoms with Crippen molar-refractivity contribution in [1.29, 1.82) is 0 Å². The number of pyridine rings is 1. The molecule has 4 aromatic rings. The minimum Gasteiger partial charge on any atom is -0.356 e. The monoisotopic (exact) mass is 545 g/mol. The van der Waals surface area contributed by atoms with Gasteiger partial charge in [-0.15, -0.1) is 11.3 Å². The molecule has 3 fully saturated rings. The molecule has 1 spiro atoms. The first-order chi connectivity index (χ1) is 19.0. The Morgan fingerprint density at radius 3 is 2.72 bits per heavy atom. The van der Waals surface area contributed by atoms with Crippen molar-refractivity contribution in [3.8, 4) is 0 Å². The van der Waals surface area contributed by atoms with Gasteiger partial charge in [-0.25, -0.2) is 4.98 Å². The molecule has 2 amide bonds. The van der Waals surface area contributed by atoms with Gasteiger partial charge in [-0.3, -0.25) is 18.8 Å². The third-order valence-electron chi connectivity index (χ3n) is 8.71. The number of hydrogen-bond acceptors (Lipinski definition) is 8. The largest absolute Gasteiger partial charge is 0.356 e. The summed E-state index contributed by atoms with van der Waals surface area (Å²) >= 11 is 1.44. The summed E-state index contributed by atoms with van der Waals surface area (Å²) in [6, 6.07) is 7.92. The molecule has 3 saturated heterocycles. The number of carbonyl (C=O) groups excluding carboxylic acids is 2. The van der Waals surface area contributed by atoms with Crippen LogP contribution in [-0.2, 0) is 4.79 Å². The summed E-state index contributed by atoms with van der Waals surface area (Å²) in [5, 5.41) is 9.71. The van der Waals surface area contributed by atoms with Crippen LogP contribution in [0.3, 0.4) is 0 Å². The molecule has 7 rings (SSSR count). The maximum absolute atomic E-state index is 13.8. The number of fused-ring (bicyclic) bond motifs is 5. The summed E-state index contributed by atoms with van der Waals surface area (Å²) in [6.07, 6.45) is 5.96. The predicted octanol–water partition coefficient (Wildman–Crippen LogP) is 2.29. The van der Waals surface area contributed by atoms with E-state index >= 15 is 0 Å². The van der Waals surface area contributed by atoms with Gasteiger partial charge in [-0.1, -0.05) is 12.1 Å². The number of piperidine rings is 2. The van der Waals surface area contributed by atoms with Gasteiger partial charge in [-0.05, 0) is 62.2 Å². The maximum atomic E-state index is 13.8. The molecule has 10 nitrogen and oxygen atoms in total. The van der Waals surface area contributed by atoms with Gasteiger partial charge in [0.05, 0.1) is 15.6 Å². The van der Waals surface area contributed by atoms with E-state index in [1.807, 2.05) is 28.7 Å². The van der Waals surface area contributed by atoms with E-state index in [0.29, 0.717) is 40.7 Å². The lowest BCUT2D eigenvalue weighted by Crippen LogP contribution is -2.42. The van der Waals surface area contributed by atoms with Gasteiger partial charge >= 0.3 is 0 Å². The van der Waals surface area contributed by atoms with Crippen molar-refractivity contribution in [1.82, 2.24) is 30.3 Å². The van der Waals surface area contributed by atoms with Gasteiger partial charge in [0, 0.05) is 38.8 Å². The van der Waals surface area contributed by atoms with E-state index in [2.05, 4.69) is 25.8 Å². The van der Waals surface area contributed by atoms with Gasteiger partial charge < -0.3 is 20.9 Å². The van der Waals surface area contributed by atoms with Crippen LogP contribution in [0, 0.1) is 11.3 Å². The molecule has 3 aliphatic rings. The number of anilines is 1. The highest BCUT2D eigenvalue weighted by Gasteiger charge is 2.41. The number of para-hydroxylation sites is 1. The van der Waals surface area contributed by atoms with Crippen LogP contribution in [0.1, 0.15) is 42.5 Å². The van der Waals surface area contributed by atoms with Crippen molar-refractivity contribution in [2.24, 2.45) is 11.3 Å². The lowest BCUT2D eigenvalue weighted by Gasteiger charge is -2.38. The van der Waals surface area contributed by atoms with Gasteiger partial charge in [0.1, 0.15) is 10.4 Å². The molecular formula is C28H31N7O3S. The molecule has 202 valence electrons. The molecule has 1 aromatic carbocycles. The van der Waals surface area contributed by atoms with Crippen LogP contribution in [0.4, 0.5) is 5.95 Å². The number of nitrogens with one attached hydrogen (secondary N) is 3. The van der Waals surface area contributed by atoms with Gasteiger partial charge in [0.2, 0.25) is 17.3 Å². The maximum Gasteiger partial charge on any atom is 0.258 e. The Balaban J connectivity index is 1.28. The smallest absolute Gasteiger partial charge is 0.258 e. The van der Waals surface area contributed by atoms with E-state index < -0.39 is 0 Å². The number of benzene rings is 1. The Hall–Kier alpha value is -3.57. The van der Waals surface area contributed by atoms with Crippen LogP contribution < -0.4 is 26.3 Å². The van der Waals surface area contributed by atoms with E-state index in [4.69, 9.17) is 4.98 Å². The van der Waals surface area contributed by atoms with E-state index in [-0.39, 0.29) is 28.2 Å². The van der Waals surface area contributed by atoms with Gasteiger partial charge in [0.25, 0.3) is 5.91 Å². The quantitative estimate of drug-likeness (QED) is 0.360. The highest BCUT2D eigenvalue weighted by atomic mass is 32.1. The zero-order chi connectivity index (χ0) is 26.6. The minimum absolute atomic E-state index is 0.0224. The molecule has 0 radical (unpaired) electrons. The van der Waals surface area contributed by atoms with Gasteiger partial charge in [0.15, 0.2) is 5.65 Å². The normalized spacial score (nSPS) is 19.8. The third kappa shape index (κ3) is 4.24. The second-order valence-corrected chi connectivity index (χ2v) is 12.2. The molecule has 39 heavy (non-hydrogen) atoms. The number of aromatic nitrogens is 3. The first kappa shape index (κ1) is 24.5. The lowest BCUT2D eigenvalue weighted by atomic mass is 9.78. The number of nitrogens with zero attached hydrogens (tertiary/aromatic N) is 4. The fourth-order valence-electron chi connectivity index (χ4n) is 6.34. The minimum atomic E-state index is -0.338. The van der Waals surface area contributed by atoms with Crippen molar-refractivity contribution in [3.63, 3.8) is 0 Å². The summed E-state index contributed by atoms with van der Waals surface area (Å²) in [5.74, 6) is 0.770. The van der Waals surface area contributed by atoms with E-state index in [9.17, 15) is 14.4 Å². The van der Waals surface area contributed by atoms with Crippen molar-refractivity contribution in [2.75, 3.05) is 44.2 Å². The van der Waals surface area contributed by atoms with Crippen molar-refractivity contribution >= 4 is 55.2 Å². The zero-order valence-electron chi connectivity index (χ0n) is 21.7. The van der Waals surface area contributed by atoms with Crippen LogP contribution >= 0.6 is 11.3 Å². The summed E-state index contributed by atoms with van der Waals surface area (Å²) < 4.78 is 2.93. The van der Waals surface area contributed by atoms with Crippen molar-refractivity contribution in [3.05, 3.63) is 46.2 Å². The fraction of sp³-hybridized carbons (Fsp3) is 0.464. The summed E-state index contributed by atoms with van der Waals surface area (Å²) in [4.78, 5) is 51.4. The number of amides is 2.